The van der Waals surface area contributed by atoms with Crippen LogP contribution in [0.5, 0.6) is 5.75 Å². The van der Waals surface area contributed by atoms with Crippen LogP contribution in [-0.4, -0.2) is 26.1 Å². The number of nitrogens with zero attached hydrogens (tertiary/aromatic N) is 1. The summed E-state index contributed by atoms with van der Waals surface area (Å²) in [6.07, 6.45) is -2.51. The molecular weight excluding hydrogens is 345 g/mol. The summed E-state index contributed by atoms with van der Waals surface area (Å²) in [5.74, 6) is 0.130. The third-order valence-electron chi connectivity index (χ3n) is 4.37. The van der Waals surface area contributed by atoms with E-state index in [0.717, 1.165) is 38.1 Å². The Morgan fingerprint density at radius 2 is 1.73 bits per heavy atom. The summed E-state index contributed by atoms with van der Waals surface area (Å²) in [7, 11) is 1.51. The Labute approximate surface area is 149 Å². The summed E-state index contributed by atoms with van der Waals surface area (Å²) < 4.78 is 44.3. The van der Waals surface area contributed by atoms with Gasteiger partial charge >= 0.3 is 6.18 Å². The molecule has 0 aromatic heterocycles. The highest BCUT2D eigenvalue weighted by atomic mass is 19.4. The summed E-state index contributed by atoms with van der Waals surface area (Å²) in [6, 6.07) is 9.86. The van der Waals surface area contributed by atoms with E-state index in [1.165, 1.54) is 13.2 Å². The molecule has 1 aliphatic heterocycles. The summed E-state index contributed by atoms with van der Waals surface area (Å²) in [5, 5.41) is 2.63. The first-order chi connectivity index (χ1) is 12.4. The van der Waals surface area contributed by atoms with E-state index in [4.69, 9.17) is 4.74 Å². The molecule has 3 rings (SSSR count). The van der Waals surface area contributed by atoms with Crippen LogP contribution in [0.2, 0.25) is 0 Å². The SMILES string of the molecule is COc1ccc(C(=O)Nc2cc(C(F)(F)F)ccc2N2CCCC2)cc1. The molecule has 1 N–H and O–H groups in total. The van der Waals surface area contributed by atoms with Crippen LogP contribution in [0.4, 0.5) is 24.5 Å². The highest BCUT2D eigenvalue weighted by molar-refractivity contribution is 6.06. The second kappa shape index (κ2) is 7.27. The average Bonchev–Trinajstić information content (AvgIpc) is 3.15. The average molecular weight is 364 g/mol. The zero-order valence-corrected chi connectivity index (χ0v) is 14.3. The normalized spacial score (nSPS) is 14.4. The molecule has 0 bridgehead atoms. The van der Waals surface area contributed by atoms with Crippen LogP contribution in [0.15, 0.2) is 42.5 Å². The van der Waals surface area contributed by atoms with Crippen molar-refractivity contribution in [3.8, 4) is 5.75 Å². The van der Waals surface area contributed by atoms with Crippen molar-refractivity contribution in [1.82, 2.24) is 0 Å². The zero-order valence-electron chi connectivity index (χ0n) is 14.3. The summed E-state index contributed by atoms with van der Waals surface area (Å²) in [6.45, 7) is 1.52. The number of carbonyl (C=O) groups is 1. The Bertz CT molecular complexity index is 782. The van der Waals surface area contributed by atoms with Crippen molar-refractivity contribution in [2.75, 3.05) is 30.4 Å². The van der Waals surface area contributed by atoms with Crippen LogP contribution < -0.4 is 15.0 Å². The van der Waals surface area contributed by atoms with Crippen molar-refractivity contribution in [3.63, 3.8) is 0 Å². The molecule has 2 aromatic carbocycles. The maximum absolute atomic E-state index is 13.1. The summed E-state index contributed by atoms with van der Waals surface area (Å²) in [4.78, 5) is 14.5. The molecule has 0 radical (unpaired) electrons. The number of hydrogen-bond acceptors (Lipinski definition) is 3. The van der Waals surface area contributed by atoms with Crippen LogP contribution in [0, 0.1) is 0 Å². The van der Waals surface area contributed by atoms with Crippen molar-refractivity contribution in [2.45, 2.75) is 19.0 Å². The van der Waals surface area contributed by atoms with E-state index in [1.807, 2.05) is 4.90 Å². The van der Waals surface area contributed by atoms with E-state index < -0.39 is 17.6 Å². The minimum atomic E-state index is -4.47. The van der Waals surface area contributed by atoms with Gasteiger partial charge in [0.15, 0.2) is 0 Å². The van der Waals surface area contributed by atoms with Gasteiger partial charge in [-0.1, -0.05) is 0 Å². The number of alkyl halides is 3. The van der Waals surface area contributed by atoms with Gasteiger partial charge in [0.2, 0.25) is 0 Å². The number of ether oxygens (including phenoxy) is 1. The second-order valence-corrected chi connectivity index (χ2v) is 6.11. The van der Waals surface area contributed by atoms with E-state index in [-0.39, 0.29) is 5.69 Å². The quantitative estimate of drug-likeness (QED) is 0.864. The molecule has 1 saturated heterocycles. The number of rotatable bonds is 4. The van der Waals surface area contributed by atoms with E-state index in [2.05, 4.69) is 5.32 Å². The molecule has 4 nitrogen and oxygen atoms in total. The summed E-state index contributed by atoms with van der Waals surface area (Å²) >= 11 is 0. The van der Waals surface area contributed by atoms with Crippen LogP contribution >= 0.6 is 0 Å². The van der Waals surface area contributed by atoms with Crippen LogP contribution in [-0.2, 0) is 6.18 Å². The lowest BCUT2D eigenvalue weighted by Gasteiger charge is -2.23. The highest BCUT2D eigenvalue weighted by Crippen LogP contribution is 2.36. The molecule has 138 valence electrons. The molecule has 0 saturated carbocycles. The van der Waals surface area contributed by atoms with Gasteiger partial charge in [-0.2, -0.15) is 13.2 Å². The first kappa shape index (κ1) is 18.1. The number of carbonyl (C=O) groups excluding carboxylic acids is 1. The topological polar surface area (TPSA) is 41.6 Å². The molecule has 7 heteroatoms. The maximum Gasteiger partial charge on any atom is 0.416 e. The largest absolute Gasteiger partial charge is 0.497 e. The first-order valence-corrected chi connectivity index (χ1v) is 8.30. The predicted molar refractivity (Wildman–Crippen MR) is 93.8 cm³/mol. The number of halogens is 3. The molecule has 2 aromatic rings. The number of hydrogen-bond donors (Lipinski definition) is 1. The Kier molecular flexibility index (Phi) is 5.06. The lowest BCUT2D eigenvalue weighted by molar-refractivity contribution is -0.137. The smallest absolute Gasteiger partial charge is 0.416 e. The van der Waals surface area contributed by atoms with E-state index in [1.54, 1.807) is 24.3 Å². The minimum Gasteiger partial charge on any atom is -0.497 e. The minimum absolute atomic E-state index is 0.169. The van der Waals surface area contributed by atoms with Gasteiger partial charge in [-0.3, -0.25) is 4.79 Å². The third kappa shape index (κ3) is 3.92. The molecule has 0 spiro atoms. The number of anilines is 2. The van der Waals surface area contributed by atoms with Gasteiger partial charge in [0.25, 0.3) is 5.91 Å². The predicted octanol–water partition coefficient (Wildman–Crippen LogP) is 4.57. The van der Waals surface area contributed by atoms with Gasteiger partial charge in [0.05, 0.1) is 24.0 Å². The van der Waals surface area contributed by atoms with Crippen molar-refractivity contribution in [1.29, 1.82) is 0 Å². The third-order valence-corrected chi connectivity index (χ3v) is 4.37. The van der Waals surface area contributed by atoms with Gasteiger partial charge in [0.1, 0.15) is 5.75 Å². The molecular formula is C19H19F3N2O2. The number of amides is 1. The fraction of sp³-hybridized carbons (Fsp3) is 0.316. The Morgan fingerprint density at radius 1 is 1.08 bits per heavy atom. The van der Waals surface area contributed by atoms with Crippen molar-refractivity contribution in [2.24, 2.45) is 0 Å². The second-order valence-electron chi connectivity index (χ2n) is 6.11. The van der Waals surface area contributed by atoms with Crippen molar-refractivity contribution >= 4 is 17.3 Å². The molecule has 26 heavy (non-hydrogen) atoms. The van der Waals surface area contributed by atoms with Gasteiger partial charge in [0, 0.05) is 18.7 Å². The number of methoxy groups -OCH3 is 1. The van der Waals surface area contributed by atoms with Gasteiger partial charge in [-0.05, 0) is 55.3 Å². The summed E-state index contributed by atoms with van der Waals surface area (Å²) in [5.41, 5.74) is 0.334. The molecule has 1 amide bonds. The fourth-order valence-corrected chi connectivity index (χ4v) is 2.98. The highest BCUT2D eigenvalue weighted by Gasteiger charge is 2.32. The monoisotopic (exact) mass is 364 g/mol. The molecule has 0 unspecified atom stereocenters. The molecule has 0 aliphatic carbocycles. The molecule has 1 heterocycles. The lowest BCUT2D eigenvalue weighted by Crippen LogP contribution is -2.22. The Hall–Kier alpha value is -2.70. The van der Waals surface area contributed by atoms with Crippen molar-refractivity contribution < 1.29 is 22.7 Å². The molecule has 1 fully saturated rings. The Morgan fingerprint density at radius 3 is 2.31 bits per heavy atom. The van der Waals surface area contributed by atoms with E-state index >= 15 is 0 Å². The molecule has 0 atom stereocenters. The van der Waals surface area contributed by atoms with Crippen LogP contribution in [0.1, 0.15) is 28.8 Å². The van der Waals surface area contributed by atoms with Gasteiger partial charge in [-0.15, -0.1) is 0 Å². The fourth-order valence-electron chi connectivity index (χ4n) is 2.98. The van der Waals surface area contributed by atoms with E-state index in [9.17, 15) is 18.0 Å². The maximum atomic E-state index is 13.1. The van der Waals surface area contributed by atoms with Crippen LogP contribution in [0.3, 0.4) is 0 Å². The van der Waals surface area contributed by atoms with Gasteiger partial charge in [-0.25, -0.2) is 0 Å². The lowest BCUT2D eigenvalue weighted by atomic mass is 10.1. The van der Waals surface area contributed by atoms with E-state index in [0.29, 0.717) is 17.0 Å². The number of benzene rings is 2. The van der Waals surface area contributed by atoms with Crippen molar-refractivity contribution in [3.05, 3.63) is 53.6 Å². The zero-order chi connectivity index (χ0) is 18.7. The standard InChI is InChI=1S/C19H19F3N2O2/c1-26-15-7-4-13(5-8-15)18(25)23-16-12-14(19(20,21)22)6-9-17(16)24-10-2-3-11-24/h4-9,12H,2-3,10-11H2,1H3,(H,23,25). The molecule has 1 aliphatic rings. The Balaban J connectivity index is 1.91. The van der Waals surface area contributed by atoms with Gasteiger partial charge < -0.3 is 15.0 Å². The number of nitrogens with one attached hydrogen (secondary N) is 1. The first-order valence-electron chi connectivity index (χ1n) is 8.30. The van der Waals surface area contributed by atoms with Crippen LogP contribution in [0.25, 0.3) is 0 Å².